The molecule has 0 aliphatic carbocycles. The van der Waals surface area contributed by atoms with Crippen LogP contribution in [0.5, 0.6) is 5.75 Å². The van der Waals surface area contributed by atoms with E-state index in [9.17, 15) is 4.79 Å². The van der Waals surface area contributed by atoms with E-state index in [4.69, 9.17) is 4.74 Å². The molecule has 0 bridgehead atoms. The van der Waals surface area contributed by atoms with Gasteiger partial charge < -0.3 is 15.4 Å². The molecule has 1 aromatic carbocycles. The fourth-order valence-corrected chi connectivity index (χ4v) is 2.54. The van der Waals surface area contributed by atoms with Crippen molar-refractivity contribution in [2.24, 2.45) is 0 Å². The fourth-order valence-electron chi connectivity index (χ4n) is 2.54. The van der Waals surface area contributed by atoms with Crippen molar-refractivity contribution in [3.05, 3.63) is 60.6 Å². The number of aromatic nitrogens is 3. The third-order valence-corrected chi connectivity index (χ3v) is 4.08. The van der Waals surface area contributed by atoms with Gasteiger partial charge in [-0.3, -0.25) is 9.78 Å². The van der Waals surface area contributed by atoms with Crippen LogP contribution in [-0.4, -0.2) is 34.5 Å². The standard InChI is InChI=1S/C21H23N5O2/c1-3-16-14-19(26-21(25-16)15-8-11-23-12-9-15)24-17-4-6-18(7-5-17)28-13-10-20(27)22-2/h4-9,11-12,14H,3,10,13H2,1-2H3,(H,22,27)(H,24,25,26). The number of pyridine rings is 1. The molecule has 0 aliphatic rings. The molecular weight excluding hydrogens is 354 g/mol. The molecule has 0 saturated carbocycles. The lowest BCUT2D eigenvalue weighted by molar-refractivity contribution is -0.121. The lowest BCUT2D eigenvalue weighted by Crippen LogP contribution is -2.20. The highest BCUT2D eigenvalue weighted by molar-refractivity contribution is 5.75. The van der Waals surface area contributed by atoms with Crippen LogP contribution in [0.25, 0.3) is 11.4 Å². The maximum Gasteiger partial charge on any atom is 0.223 e. The van der Waals surface area contributed by atoms with Gasteiger partial charge in [-0.05, 0) is 42.8 Å². The second-order valence-corrected chi connectivity index (χ2v) is 6.08. The van der Waals surface area contributed by atoms with Crippen LogP contribution in [0.4, 0.5) is 11.5 Å². The summed E-state index contributed by atoms with van der Waals surface area (Å²) in [5.41, 5.74) is 2.77. The normalized spacial score (nSPS) is 10.4. The highest BCUT2D eigenvalue weighted by atomic mass is 16.5. The van der Waals surface area contributed by atoms with Gasteiger partial charge >= 0.3 is 0 Å². The van der Waals surface area contributed by atoms with Gasteiger partial charge in [-0.15, -0.1) is 0 Å². The number of hydrogen-bond donors (Lipinski definition) is 2. The van der Waals surface area contributed by atoms with Gasteiger partial charge in [0.2, 0.25) is 5.91 Å². The fraction of sp³-hybridized carbons (Fsp3) is 0.238. The average Bonchev–Trinajstić information content (AvgIpc) is 2.75. The number of aryl methyl sites for hydroxylation is 1. The molecule has 0 saturated heterocycles. The Bertz CT molecular complexity index is 914. The van der Waals surface area contributed by atoms with Gasteiger partial charge in [-0.2, -0.15) is 0 Å². The number of carbonyl (C=O) groups is 1. The first kappa shape index (κ1) is 19.3. The maximum absolute atomic E-state index is 11.2. The van der Waals surface area contributed by atoms with E-state index in [1.807, 2.05) is 42.5 Å². The zero-order chi connectivity index (χ0) is 19.8. The summed E-state index contributed by atoms with van der Waals surface area (Å²) in [6.45, 7) is 2.40. The van der Waals surface area contributed by atoms with Crippen molar-refractivity contribution in [3.63, 3.8) is 0 Å². The number of carbonyl (C=O) groups excluding carboxylic acids is 1. The van der Waals surface area contributed by atoms with E-state index in [2.05, 4.69) is 32.5 Å². The number of nitrogens with one attached hydrogen (secondary N) is 2. The summed E-state index contributed by atoms with van der Waals surface area (Å²) in [5.74, 6) is 2.06. The van der Waals surface area contributed by atoms with Gasteiger partial charge in [-0.25, -0.2) is 9.97 Å². The lowest BCUT2D eigenvalue weighted by Gasteiger charge is -2.11. The van der Waals surface area contributed by atoms with Gasteiger partial charge in [0.25, 0.3) is 0 Å². The Labute approximate surface area is 164 Å². The zero-order valence-electron chi connectivity index (χ0n) is 16.0. The van der Waals surface area contributed by atoms with E-state index >= 15 is 0 Å². The van der Waals surface area contributed by atoms with Crippen LogP contribution >= 0.6 is 0 Å². The monoisotopic (exact) mass is 377 g/mol. The van der Waals surface area contributed by atoms with Gasteiger partial charge in [-0.1, -0.05) is 6.92 Å². The predicted molar refractivity (Wildman–Crippen MR) is 109 cm³/mol. The van der Waals surface area contributed by atoms with E-state index < -0.39 is 0 Å². The first-order valence-corrected chi connectivity index (χ1v) is 9.16. The second-order valence-electron chi connectivity index (χ2n) is 6.08. The molecule has 0 unspecified atom stereocenters. The maximum atomic E-state index is 11.2. The van der Waals surface area contributed by atoms with Crippen LogP contribution in [0.2, 0.25) is 0 Å². The van der Waals surface area contributed by atoms with Crippen molar-refractivity contribution >= 4 is 17.4 Å². The number of ether oxygens (including phenoxy) is 1. The van der Waals surface area contributed by atoms with Crippen LogP contribution in [-0.2, 0) is 11.2 Å². The molecule has 3 aromatic rings. The number of nitrogens with zero attached hydrogens (tertiary/aromatic N) is 3. The van der Waals surface area contributed by atoms with E-state index in [1.165, 1.54) is 0 Å². The van der Waals surface area contributed by atoms with Crippen molar-refractivity contribution in [3.8, 4) is 17.1 Å². The first-order chi connectivity index (χ1) is 13.7. The van der Waals surface area contributed by atoms with Gasteiger partial charge in [0.05, 0.1) is 13.0 Å². The largest absolute Gasteiger partial charge is 0.493 e. The Balaban J connectivity index is 1.70. The minimum absolute atomic E-state index is 0.0428. The molecular formula is C21H23N5O2. The molecule has 3 rings (SSSR count). The Morgan fingerprint density at radius 1 is 1.07 bits per heavy atom. The third-order valence-electron chi connectivity index (χ3n) is 4.08. The quantitative estimate of drug-likeness (QED) is 0.626. The highest BCUT2D eigenvalue weighted by Gasteiger charge is 2.07. The predicted octanol–water partition coefficient (Wildman–Crippen LogP) is 3.36. The van der Waals surface area contributed by atoms with Gasteiger partial charge in [0.15, 0.2) is 5.82 Å². The summed E-state index contributed by atoms with van der Waals surface area (Å²) >= 11 is 0. The van der Waals surface area contributed by atoms with Gasteiger partial charge in [0.1, 0.15) is 11.6 Å². The summed E-state index contributed by atoms with van der Waals surface area (Å²) in [5, 5.41) is 5.88. The Kier molecular flexibility index (Phi) is 6.51. The van der Waals surface area contributed by atoms with Crippen molar-refractivity contribution in [1.29, 1.82) is 0 Å². The SMILES string of the molecule is CCc1cc(Nc2ccc(OCCC(=O)NC)cc2)nc(-c2ccncc2)n1. The van der Waals surface area contributed by atoms with Crippen molar-refractivity contribution in [1.82, 2.24) is 20.3 Å². The lowest BCUT2D eigenvalue weighted by atomic mass is 10.2. The number of hydrogen-bond acceptors (Lipinski definition) is 6. The second kappa shape index (κ2) is 9.45. The van der Waals surface area contributed by atoms with Crippen LogP contribution in [0.1, 0.15) is 19.0 Å². The first-order valence-electron chi connectivity index (χ1n) is 9.16. The number of benzene rings is 1. The molecule has 1 amide bonds. The number of amides is 1. The van der Waals surface area contributed by atoms with E-state index in [-0.39, 0.29) is 5.91 Å². The van der Waals surface area contributed by atoms with Crippen molar-refractivity contribution in [2.45, 2.75) is 19.8 Å². The molecule has 2 heterocycles. The zero-order valence-corrected chi connectivity index (χ0v) is 16.0. The molecule has 7 nitrogen and oxygen atoms in total. The molecule has 7 heteroatoms. The summed E-state index contributed by atoms with van der Waals surface area (Å²) in [7, 11) is 1.61. The number of rotatable bonds is 8. The highest BCUT2D eigenvalue weighted by Crippen LogP contribution is 2.22. The molecule has 2 aromatic heterocycles. The van der Waals surface area contributed by atoms with E-state index in [0.29, 0.717) is 24.6 Å². The molecule has 0 radical (unpaired) electrons. The van der Waals surface area contributed by atoms with Gasteiger partial charge in [0, 0.05) is 42.5 Å². The molecule has 0 fully saturated rings. The van der Waals surface area contributed by atoms with Crippen LogP contribution < -0.4 is 15.4 Å². The Hall–Kier alpha value is -3.48. The Morgan fingerprint density at radius 2 is 1.82 bits per heavy atom. The van der Waals surface area contributed by atoms with E-state index in [1.54, 1.807) is 19.4 Å². The minimum Gasteiger partial charge on any atom is -0.493 e. The molecule has 0 atom stereocenters. The third kappa shape index (κ3) is 5.26. The summed E-state index contributed by atoms with van der Waals surface area (Å²) in [4.78, 5) is 24.5. The van der Waals surface area contributed by atoms with Crippen LogP contribution in [0.3, 0.4) is 0 Å². The molecule has 144 valence electrons. The number of anilines is 2. The van der Waals surface area contributed by atoms with Crippen LogP contribution in [0.15, 0.2) is 54.9 Å². The van der Waals surface area contributed by atoms with Crippen molar-refractivity contribution in [2.75, 3.05) is 19.0 Å². The summed E-state index contributed by atoms with van der Waals surface area (Å²) in [6.07, 6.45) is 4.60. The minimum atomic E-state index is -0.0428. The smallest absolute Gasteiger partial charge is 0.223 e. The van der Waals surface area contributed by atoms with Crippen molar-refractivity contribution < 1.29 is 9.53 Å². The summed E-state index contributed by atoms with van der Waals surface area (Å²) < 4.78 is 5.58. The Morgan fingerprint density at radius 3 is 2.50 bits per heavy atom. The molecule has 2 N–H and O–H groups in total. The average molecular weight is 377 g/mol. The molecule has 0 spiro atoms. The summed E-state index contributed by atoms with van der Waals surface area (Å²) in [6, 6.07) is 13.3. The molecule has 0 aliphatic heterocycles. The molecule has 28 heavy (non-hydrogen) atoms. The van der Waals surface area contributed by atoms with E-state index in [0.717, 1.165) is 29.2 Å². The van der Waals surface area contributed by atoms with Crippen LogP contribution in [0, 0.1) is 0 Å². The topological polar surface area (TPSA) is 89.0 Å².